The van der Waals surface area contributed by atoms with Crippen molar-refractivity contribution >= 4 is 21.5 Å². The fourth-order valence-corrected chi connectivity index (χ4v) is 1.71. The molecule has 7 heteroatoms. The Bertz CT molecular complexity index is 510. The number of rotatable bonds is 3. The number of hydrogen-bond acceptors (Lipinski definition) is 4. The lowest BCUT2D eigenvalue weighted by atomic mass is 10.1. The highest BCUT2D eigenvalue weighted by molar-refractivity contribution is 7.92. The van der Waals surface area contributed by atoms with Gasteiger partial charge >= 0.3 is 0 Å². The van der Waals surface area contributed by atoms with Crippen molar-refractivity contribution in [2.45, 2.75) is 0 Å². The molecule has 0 saturated heterocycles. The Morgan fingerprint density at radius 2 is 2.00 bits per heavy atom. The van der Waals surface area contributed by atoms with Gasteiger partial charge in [-0.2, -0.15) is 0 Å². The summed E-state index contributed by atoms with van der Waals surface area (Å²) in [6.07, 6.45) is 1.08. The molecule has 0 aliphatic carbocycles. The molecule has 1 aromatic carbocycles. The van der Waals surface area contributed by atoms with E-state index in [9.17, 15) is 8.42 Å². The monoisotopic (exact) mass is 243 g/mol. The summed E-state index contributed by atoms with van der Waals surface area (Å²) in [6, 6.07) is 6.50. The van der Waals surface area contributed by atoms with Crippen molar-refractivity contribution in [3.05, 3.63) is 29.8 Å². The molecule has 0 aliphatic heterocycles. The van der Waals surface area contributed by atoms with Crippen molar-refractivity contribution in [3.8, 4) is 0 Å². The molecule has 3 N–H and O–H groups in total. The molecule has 0 bridgehead atoms. The summed E-state index contributed by atoms with van der Waals surface area (Å²) in [5.41, 5.74) is 6.18. The maximum atomic E-state index is 11.4. The van der Waals surface area contributed by atoms with Gasteiger partial charge in [0.1, 0.15) is 0 Å². The van der Waals surface area contributed by atoms with Crippen LogP contribution < -0.4 is 10.0 Å². The molecule has 1 rings (SSSR count). The topological polar surface area (TPSA) is 96.0 Å². The molecule has 1 aromatic rings. The second kappa shape index (κ2) is 4.40. The predicted molar refractivity (Wildman–Crippen MR) is 62.2 cm³/mol. The summed E-state index contributed by atoms with van der Waals surface area (Å²) in [7, 11) is -1.98. The van der Waals surface area contributed by atoms with Crippen LogP contribution in [0.3, 0.4) is 0 Å². The van der Waals surface area contributed by atoms with Gasteiger partial charge in [0.2, 0.25) is 10.0 Å². The smallest absolute Gasteiger partial charge is 0.232 e. The zero-order valence-electron chi connectivity index (χ0n) is 8.95. The molecule has 0 unspecified atom stereocenters. The van der Waals surface area contributed by atoms with Crippen LogP contribution in [-0.2, 0) is 10.0 Å². The van der Waals surface area contributed by atoms with Gasteiger partial charge in [-0.15, -0.1) is 0 Å². The third-order valence-electron chi connectivity index (χ3n) is 2.12. The Morgan fingerprint density at radius 3 is 2.50 bits per heavy atom. The molecule has 0 atom stereocenters. The van der Waals surface area contributed by atoms with E-state index in [2.05, 4.69) is 5.16 Å². The fourth-order valence-electron chi connectivity index (χ4n) is 1.20. The van der Waals surface area contributed by atoms with Crippen LogP contribution in [0.5, 0.6) is 0 Å². The minimum atomic E-state index is -3.38. The zero-order valence-corrected chi connectivity index (χ0v) is 9.77. The van der Waals surface area contributed by atoms with Crippen LogP contribution in [0, 0.1) is 0 Å². The second-order valence-electron chi connectivity index (χ2n) is 3.23. The van der Waals surface area contributed by atoms with E-state index in [1.54, 1.807) is 24.3 Å². The van der Waals surface area contributed by atoms with Crippen molar-refractivity contribution in [1.82, 2.24) is 0 Å². The van der Waals surface area contributed by atoms with Gasteiger partial charge in [0.25, 0.3) is 0 Å². The average Bonchev–Trinajstić information content (AvgIpc) is 2.25. The molecule has 0 heterocycles. The first-order chi connectivity index (χ1) is 7.38. The molecule has 6 nitrogen and oxygen atoms in total. The van der Waals surface area contributed by atoms with Crippen LogP contribution in [0.15, 0.2) is 29.4 Å². The highest BCUT2D eigenvalue weighted by Crippen LogP contribution is 2.20. The first kappa shape index (κ1) is 12.3. The van der Waals surface area contributed by atoms with Crippen molar-refractivity contribution < 1.29 is 13.6 Å². The van der Waals surface area contributed by atoms with Crippen molar-refractivity contribution in [1.29, 1.82) is 0 Å². The number of nitrogens with zero attached hydrogens (tertiary/aromatic N) is 2. The van der Waals surface area contributed by atoms with Gasteiger partial charge in [0, 0.05) is 12.6 Å². The van der Waals surface area contributed by atoms with E-state index in [1.165, 1.54) is 7.05 Å². The van der Waals surface area contributed by atoms with E-state index in [0.29, 0.717) is 11.3 Å². The number of oxime groups is 1. The number of benzene rings is 1. The quantitative estimate of drug-likeness (QED) is 0.342. The summed E-state index contributed by atoms with van der Waals surface area (Å²) in [4.78, 5) is 0. The Hall–Kier alpha value is -1.76. The van der Waals surface area contributed by atoms with Crippen LogP contribution >= 0.6 is 0 Å². The van der Waals surface area contributed by atoms with Gasteiger partial charge in [-0.1, -0.05) is 17.3 Å². The Kier molecular flexibility index (Phi) is 3.38. The number of nitrogens with two attached hydrogens (primary N) is 1. The molecule has 0 radical (unpaired) electrons. The molecule has 0 fully saturated rings. The maximum absolute atomic E-state index is 11.4. The maximum Gasteiger partial charge on any atom is 0.232 e. The van der Waals surface area contributed by atoms with Gasteiger partial charge in [-0.25, -0.2) is 8.42 Å². The van der Waals surface area contributed by atoms with Crippen LogP contribution in [0.4, 0.5) is 5.69 Å². The number of sulfonamides is 1. The van der Waals surface area contributed by atoms with E-state index in [-0.39, 0.29) is 5.84 Å². The van der Waals surface area contributed by atoms with E-state index in [0.717, 1.165) is 10.6 Å². The lowest BCUT2D eigenvalue weighted by molar-refractivity contribution is 0.318. The molecule has 0 amide bonds. The van der Waals surface area contributed by atoms with E-state index < -0.39 is 10.0 Å². The minimum absolute atomic E-state index is 0.133. The minimum Gasteiger partial charge on any atom is -0.409 e. The van der Waals surface area contributed by atoms with Gasteiger partial charge in [-0.05, 0) is 12.1 Å². The third kappa shape index (κ3) is 2.43. The predicted octanol–water partition coefficient (Wildman–Crippen LogP) is 0.177. The number of para-hydroxylation sites is 1. The first-order valence-corrected chi connectivity index (χ1v) is 6.23. The molecule has 0 aromatic heterocycles. The normalized spacial score (nSPS) is 12.5. The first-order valence-electron chi connectivity index (χ1n) is 4.38. The van der Waals surface area contributed by atoms with Gasteiger partial charge < -0.3 is 10.9 Å². The van der Waals surface area contributed by atoms with Crippen molar-refractivity contribution in [2.24, 2.45) is 10.9 Å². The summed E-state index contributed by atoms with van der Waals surface area (Å²) in [6.45, 7) is 0. The Labute approximate surface area is 94.0 Å². The van der Waals surface area contributed by atoms with E-state index in [4.69, 9.17) is 10.9 Å². The van der Waals surface area contributed by atoms with Crippen molar-refractivity contribution in [2.75, 3.05) is 17.6 Å². The molecular weight excluding hydrogens is 230 g/mol. The van der Waals surface area contributed by atoms with Crippen molar-refractivity contribution in [3.63, 3.8) is 0 Å². The highest BCUT2D eigenvalue weighted by atomic mass is 32.2. The summed E-state index contributed by atoms with van der Waals surface area (Å²) in [5, 5.41) is 11.4. The van der Waals surface area contributed by atoms with Gasteiger partial charge in [0.15, 0.2) is 5.84 Å². The molecule has 88 valence electrons. The number of amidine groups is 1. The van der Waals surface area contributed by atoms with Crippen LogP contribution in [-0.4, -0.2) is 32.8 Å². The molecular formula is C9H13N3O3S. The number of hydrogen-bond donors (Lipinski definition) is 2. The molecule has 16 heavy (non-hydrogen) atoms. The second-order valence-corrected chi connectivity index (χ2v) is 5.25. The largest absolute Gasteiger partial charge is 0.409 e. The molecule has 0 spiro atoms. The van der Waals surface area contributed by atoms with Crippen LogP contribution in [0.2, 0.25) is 0 Å². The van der Waals surface area contributed by atoms with E-state index in [1.807, 2.05) is 0 Å². The fraction of sp³-hybridized carbons (Fsp3) is 0.222. The standard InChI is InChI=1S/C9H13N3O3S/c1-12(16(2,14)15)8-6-4-3-5-7(8)9(10)11-13/h3-6,13H,1-2H3,(H2,10,11). The highest BCUT2D eigenvalue weighted by Gasteiger charge is 2.16. The molecule has 0 aliphatic rings. The zero-order chi connectivity index (χ0) is 12.3. The Balaban J connectivity index is 3.35. The SMILES string of the molecule is CN(c1ccccc1C(N)=NO)S(C)(=O)=O. The third-order valence-corrected chi connectivity index (χ3v) is 3.32. The van der Waals surface area contributed by atoms with E-state index >= 15 is 0 Å². The average molecular weight is 243 g/mol. The lowest BCUT2D eigenvalue weighted by Gasteiger charge is -2.19. The number of anilines is 1. The Morgan fingerprint density at radius 1 is 1.44 bits per heavy atom. The molecule has 0 saturated carbocycles. The lowest BCUT2D eigenvalue weighted by Crippen LogP contribution is -2.28. The summed E-state index contributed by atoms with van der Waals surface area (Å²) < 4.78 is 23.8. The van der Waals surface area contributed by atoms with Crippen LogP contribution in [0.25, 0.3) is 0 Å². The summed E-state index contributed by atoms with van der Waals surface area (Å²) >= 11 is 0. The van der Waals surface area contributed by atoms with Crippen LogP contribution in [0.1, 0.15) is 5.56 Å². The summed E-state index contributed by atoms with van der Waals surface area (Å²) in [5.74, 6) is -0.133. The van der Waals surface area contributed by atoms with Gasteiger partial charge in [0.05, 0.1) is 11.9 Å². The van der Waals surface area contributed by atoms with Gasteiger partial charge in [-0.3, -0.25) is 4.31 Å².